The molecule has 0 aliphatic heterocycles. The van der Waals surface area contributed by atoms with Crippen molar-refractivity contribution < 1.29 is 18.4 Å². The maximum absolute atomic E-state index is 11.6. The molecule has 0 aromatic heterocycles. The predicted octanol–water partition coefficient (Wildman–Crippen LogP) is -1.13. The molecular weight excluding hydrogens is 234 g/mol. The van der Waals surface area contributed by atoms with Gasteiger partial charge in [-0.1, -0.05) is 5.16 Å². The number of sulfone groups is 1. The number of nitrogens with two attached hydrogens (primary N) is 1. The lowest BCUT2D eigenvalue weighted by Gasteiger charge is -2.20. The molecule has 8 heteroatoms. The number of nitrogens with zero attached hydrogens (tertiary/aromatic N) is 2. The highest BCUT2D eigenvalue weighted by molar-refractivity contribution is 7.90. The van der Waals surface area contributed by atoms with Crippen LogP contribution in [0, 0.1) is 5.92 Å². The van der Waals surface area contributed by atoms with Gasteiger partial charge in [0.25, 0.3) is 0 Å². The van der Waals surface area contributed by atoms with Gasteiger partial charge in [0.05, 0.1) is 11.7 Å². The predicted molar refractivity (Wildman–Crippen MR) is 59.9 cm³/mol. The van der Waals surface area contributed by atoms with Gasteiger partial charge in [0.2, 0.25) is 5.91 Å². The van der Waals surface area contributed by atoms with Gasteiger partial charge >= 0.3 is 0 Å². The van der Waals surface area contributed by atoms with Gasteiger partial charge in [-0.25, -0.2) is 8.42 Å². The van der Waals surface area contributed by atoms with Gasteiger partial charge in [0.15, 0.2) is 5.84 Å². The number of rotatable bonds is 5. The summed E-state index contributed by atoms with van der Waals surface area (Å²) in [5, 5.41) is 11.1. The third kappa shape index (κ3) is 4.96. The van der Waals surface area contributed by atoms with Crippen molar-refractivity contribution in [2.75, 3.05) is 25.6 Å². The number of hydrogen-bond donors (Lipinski definition) is 2. The Morgan fingerprint density at radius 2 is 2.06 bits per heavy atom. The van der Waals surface area contributed by atoms with E-state index in [9.17, 15) is 13.2 Å². The highest BCUT2D eigenvalue weighted by Gasteiger charge is 2.21. The lowest BCUT2D eigenvalue weighted by molar-refractivity contribution is -0.131. The SMILES string of the molecule is CC(C(=O)N(C)CCS(C)(=O)=O)C(N)=NO. The normalized spacial score (nSPS) is 14.6. The highest BCUT2D eigenvalue weighted by Crippen LogP contribution is 2.01. The first kappa shape index (κ1) is 14.7. The van der Waals surface area contributed by atoms with E-state index in [1.54, 1.807) is 0 Å². The van der Waals surface area contributed by atoms with Crippen molar-refractivity contribution in [1.82, 2.24) is 4.90 Å². The van der Waals surface area contributed by atoms with E-state index in [0.29, 0.717) is 0 Å². The van der Waals surface area contributed by atoms with E-state index in [1.807, 2.05) is 0 Å². The number of amides is 1. The maximum atomic E-state index is 11.6. The van der Waals surface area contributed by atoms with Gasteiger partial charge < -0.3 is 15.8 Å². The van der Waals surface area contributed by atoms with Crippen molar-refractivity contribution in [1.29, 1.82) is 0 Å². The molecule has 7 nitrogen and oxygen atoms in total. The van der Waals surface area contributed by atoms with Crippen LogP contribution in [-0.2, 0) is 14.6 Å². The molecule has 1 amide bonds. The Morgan fingerprint density at radius 3 is 2.44 bits per heavy atom. The van der Waals surface area contributed by atoms with E-state index >= 15 is 0 Å². The standard InChI is InChI=1S/C8H17N3O4S/c1-6(7(9)10-13)8(12)11(2)4-5-16(3,14)15/h6,13H,4-5H2,1-3H3,(H2,9,10). The van der Waals surface area contributed by atoms with Gasteiger partial charge in [0, 0.05) is 19.8 Å². The van der Waals surface area contributed by atoms with Gasteiger partial charge in [-0.3, -0.25) is 4.79 Å². The molecule has 0 rings (SSSR count). The summed E-state index contributed by atoms with van der Waals surface area (Å²) < 4.78 is 21.8. The molecule has 16 heavy (non-hydrogen) atoms. The van der Waals surface area contributed by atoms with Crippen LogP contribution in [0.4, 0.5) is 0 Å². The summed E-state index contributed by atoms with van der Waals surface area (Å²) in [6.45, 7) is 1.56. The van der Waals surface area contributed by atoms with Gasteiger partial charge in [-0.2, -0.15) is 0 Å². The van der Waals surface area contributed by atoms with Crippen LogP contribution >= 0.6 is 0 Å². The quantitative estimate of drug-likeness (QED) is 0.278. The smallest absolute Gasteiger partial charge is 0.232 e. The minimum Gasteiger partial charge on any atom is -0.409 e. The average molecular weight is 251 g/mol. The minimum atomic E-state index is -3.11. The monoisotopic (exact) mass is 251 g/mol. The molecular formula is C8H17N3O4S. The molecule has 0 spiro atoms. The van der Waals surface area contributed by atoms with Crippen LogP contribution in [-0.4, -0.2) is 55.9 Å². The van der Waals surface area contributed by atoms with Crippen molar-refractivity contribution in [3.63, 3.8) is 0 Å². The van der Waals surface area contributed by atoms with E-state index < -0.39 is 15.8 Å². The first-order valence-corrected chi connectivity index (χ1v) is 6.65. The van der Waals surface area contributed by atoms with Crippen molar-refractivity contribution in [3.8, 4) is 0 Å². The first-order chi connectivity index (χ1) is 7.19. The average Bonchev–Trinajstić information content (AvgIpc) is 2.21. The second-order valence-electron chi connectivity index (χ2n) is 3.64. The summed E-state index contributed by atoms with van der Waals surface area (Å²) in [4.78, 5) is 12.9. The molecule has 0 aromatic carbocycles. The Kier molecular flexibility index (Phi) is 5.22. The number of hydrogen-bond acceptors (Lipinski definition) is 5. The van der Waals surface area contributed by atoms with Gasteiger partial charge in [0.1, 0.15) is 9.84 Å². The molecule has 0 aliphatic carbocycles. The van der Waals surface area contributed by atoms with E-state index in [0.717, 1.165) is 6.26 Å². The van der Waals surface area contributed by atoms with Crippen molar-refractivity contribution in [2.24, 2.45) is 16.8 Å². The third-order valence-electron chi connectivity index (χ3n) is 2.10. The van der Waals surface area contributed by atoms with E-state index in [2.05, 4.69) is 5.16 Å². The third-order valence-corrected chi connectivity index (χ3v) is 3.03. The largest absolute Gasteiger partial charge is 0.409 e. The molecule has 3 N–H and O–H groups in total. The van der Waals surface area contributed by atoms with Crippen LogP contribution in [0.25, 0.3) is 0 Å². The van der Waals surface area contributed by atoms with Crippen molar-refractivity contribution in [3.05, 3.63) is 0 Å². The molecule has 0 saturated heterocycles. The summed E-state index contributed by atoms with van der Waals surface area (Å²) in [5.74, 6) is -1.47. The Labute approximate surface area is 94.8 Å². The Morgan fingerprint density at radius 1 is 1.56 bits per heavy atom. The molecule has 0 heterocycles. The molecule has 0 aliphatic rings. The molecule has 1 unspecified atom stereocenters. The lowest BCUT2D eigenvalue weighted by atomic mass is 10.1. The topological polar surface area (TPSA) is 113 Å². The van der Waals surface area contributed by atoms with Crippen molar-refractivity contribution >= 4 is 21.6 Å². The zero-order valence-corrected chi connectivity index (χ0v) is 10.4. The van der Waals surface area contributed by atoms with Crippen LogP contribution in [0.2, 0.25) is 0 Å². The molecule has 0 bridgehead atoms. The fourth-order valence-corrected chi connectivity index (χ4v) is 1.56. The first-order valence-electron chi connectivity index (χ1n) is 4.59. The van der Waals surface area contributed by atoms with Crippen LogP contribution in [0.3, 0.4) is 0 Å². The van der Waals surface area contributed by atoms with Gasteiger partial charge in [-0.15, -0.1) is 0 Å². The molecule has 0 fully saturated rings. The molecule has 0 saturated carbocycles. The van der Waals surface area contributed by atoms with Crippen LogP contribution in [0.5, 0.6) is 0 Å². The Bertz CT molecular complexity index is 377. The fraction of sp³-hybridized carbons (Fsp3) is 0.750. The summed E-state index contributed by atoms with van der Waals surface area (Å²) >= 11 is 0. The summed E-state index contributed by atoms with van der Waals surface area (Å²) in [7, 11) is -1.64. The van der Waals surface area contributed by atoms with Crippen molar-refractivity contribution in [2.45, 2.75) is 6.92 Å². The second-order valence-corrected chi connectivity index (χ2v) is 5.90. The zero-order chi connectivity index (χ0) is 12.9. The number of oxime groups is 1. The summed E-state index contributed by atoms with van der Waals surface area (Å²) in [5.41, 5.74) is 5.27. The van der Waals surface area contributed by atoms with E-state index in [4.69, 9.17) is 10.9 Å². The Balaban J connectivity index is 4.40. The van der Waals surface area contributed by atoms with Crippen LogP contribution in [0.15, 0.2) is 5.16 Å². The molecule has 0 aromatic rings. The lowest BCUT2D eigenvalue weighted by Crippen LogP contribution is -2.40. The van der Waals surface area contributed by atoms with E-state index in [1.165, 1.54) is 18.9 Å². The number of carbonyl (C=O) groups excluding carboxylic acids is 1. The molecule has 0 radical (unpaired) electrons. The van der Waals surface area contributed by atoms with Gasteiger partial charge in [-0.05, 0) is 6.92 Å². The fourth-order valence-electron chi connectivity index (χ4n) is 0.957. The number of amidine groups is 1. The van der Waals surface area contributed by atoms with Crippen LogP contribution < -0.4 is 5.73 Å². The molecule has 1 atom stereocenters. The minimum absolute atomic E-state index is 0.0840. The zero-order valence-electron chi connectivity index (χ0n) is 9.54. The second kappa shape index (κ2) is 5.69. The molecule has 94 valence electrons. The maximum Gasteiger partial charge on any atom is 0.232 e. The summed E-state index contributed by atoms with van der Waals surface area (Å²) in [6.07, 6.45) is 1.10. The highest BCUT2D eigenvalue weighted by atomic mass is 32.2. The Hall–Kier alpha value is -1.31. The van der Waals surface area contributed by atoms with E-state index in [-0.39, 0.29) is 24.0 Å². The van der Waals surface area contributed by atoms with Crippen LogP contribution in [0.1, 0.15) is 6.92 Å². The summed E-state index contributed by atoms with van der Waals surface area (Å²) in [6, 6.07) is 0. The number of carbonyl (C=O) groups is 1.